The number of rotatable bonds is 9. The second-order valence-electron chi connectivity index (χ2n) is 7.20. The van der Waals surface area contributed by atoms with Crippen molar-refractivity contribution in [3.63, 3.8) is 0 Å². The molecule has 33 heavy (non-hydrogen) atoms. The average molecular weight is 473 g/mol. The van der Waals surface area contributed by atoms with Gasteiger partial charge in [0.05, 0.1) is 30.8 Å². The number of methoxy groups -OCH3 is 2. The van der Waals surface area contributed by atoms with E-state index in [0.29, 0.717) is 17.1 Å². The zero-order valence-corrected chi connectivity index (χ0v) is 19.3. The second kappa shape index (κ2) is 10.4. The van der Waals surface area contributed by atoms with Crippen LogP contribution in [0.2, 0.25) is 0 Å². The Kier molecular flexibility index (Phi) is 7.55. The number of hydrogen-bond acceptors (Lipinski definition) is 5. The minimum Gasteiger partial charge on any atom is -0.497 e. The summed E-state index contributed by atoms with van der Waals surface area (Å²) in [6.07, 6.45) is 0. The van der Waals surface area contributed by atoms with Crippen molar-refractivity contribution >= 4 is 21.6 Å². The first-order valence-corrected chi connectivity index (χ1v) is 11.5. The number of nitrogens with zero attached hydrogens (tertiary/aromatic N) is 1. The predicted molar refractivity (Wildman–Crippen MR) is 123 cm³/mol. The van der Waals surface area contributed by atoms with E-state index in [4.69, 9.17) is 9.47 Å². The summed E-state index contributed by atoms with van der Waals surface area (Å²) in [7, 11) is -1.03. The highest BCUT2D eigenvalue weighted by molar-refractivity contribution is 7.92. The van der Waals surface area contributed by atoms with E-state index in [1.807, 2.05) is 0 Å². The third-order valence-corrected chi connectivity index (χ3v) is 6.80. The van der Waals surface area contributed by atoms with Crippen molar-refractivity contribution in [2.45, 2.75) is 17.9 Å². The number of carbonyl (C=O) groups excluding carboxylic acids is 1. The standard InChI is InChI=1S/C24H25FN2O5S/c1-17(22-15-20(31-2)13-14-23(22)32-3)26-24(28)16-27(19-11-9-18(25)10-12-19)33(29,30)21-7-5-4-6-8-21/h4-15,17H,16H2,1-3H3,(H,26,28). The van der Waals surface area contributed by atoms with Crippen molar-refractivity contribution in [1.82, 2.24) is 5.32 Å². The number of sulfonamides is 1. The van der Waals surface area contributed by atoms with Crippen LogP contribution in [0.3, 0.4) is 0 Å². The second-order valence-corrected chi connectivity index (χ2v) is 9.06. The van der Waals surface area contributed by atoms with Crippen molar-refractivity contribution in [1.29, 1.82) is 0 Å². The van der Waals surface area contributed by atoms with Crippen LogP contribution >= 0.6 is 0 Å². The van der Waals surface area contributed by atoms with Crippen LogP contribution in [-0.2, 0) is 14.8 Å². The molecule has 0 aliphatic rings. The van der Waals surface area contributed by atoms with Crippen LogP contribution in [0.4, 0.5) is 10.1 Å². The molecule has 0 bridgehead atoms. The fraction of sp³-hybridized carbons (Fsp3) is 0.208. The number of amides is 1. The van der Waals surface area contributed by atoms with Crippen molar-refractivity contribution in [3.8, 4) is 11.5 Å². The maximum Gasteiger partial charge on any atom is 0.264 e. The molecule has 7 nitrogen and oxygen atoms in total. The van der Waals surface area contributed by atoms with Gasteiger partial charge in [-0.25, -0.2) is 12.8 Å². The average Bonchev–Trinajstić information content (AvgIpc) is 2.83. The molecule has 0 saturated heterocycles. The largest absolute Gasteiger partial charge is 0.497 e. The highest BCUT2D eigenvalue weighted by Crippen LogP contribution is 2.29. The lowest BCUT2D eigenvalue weighted by atomic mass is 10.1. The molecule has 0 aliphatic heterocycles. The Balaban J connectivity index is 1.89. The quantitative estimate of drug-likeness (QED) is 0.510. The molecule has 0 aliphatic carbocycles. The molecule has 1 atom stereocenters. The van der Waals surface area contributed by atoms with E-state index in [0.717, 1.165) is 16.4 Å². The van der Waals surface area contributed by atoms with Crippen LogP contribution in [-0.4, -0.2) is 35.1 Å². The molecule has 9 heteroatoms. The summed E-state index contributed by atoms with van der Waals surface area (Å²) in [5, 5.41) is 2.80. The van der Waals surface area contributed by atoms with Crippen LogP contribution in [0, 0.1) is 5.82 Å². The third-order valence-electron chi connectivity index (χ3n) is 5.01. The lowest BCUT2D eigenvalue weighted by Crippen LogP contribution is -2.41. The highest BCUT2D eigenvalue weighted by Gasteiger charge is 2.28. The lowest BCUT2D eigenvalue weighted by molar-refractivity contribution is -0.120. The minimum atomic E-state index is -4.08. The summed E-state index contributed by atoms with van der Waals surface area (Å²) < 4.78 is 51.6. The summed E-state index contributed by atoms with van der Waals surface area (Å²) in [5.41, 5.74) is 0.839. The normalized spacial score (nSPS) is 12.0. The summed E-state index contributed by atoms with van der Waals surface area (Å²) in [5.74, 6) is 0.0811. The van der Waals surface area contributed by atoms with Gasteiger partial charge < -0.3 is 14.8 Å². The molecule has 0 aromatic heterocycles. The van der Waals surface area contributed by atoms with E-state index < -0.39 is 34.3 Å². The first kappa shape index (κ1) is 24.1. The van der Waals surface area contributed by atoms with E-state index in [9.17, 15) is 17.6 Å². The van der Waals surface area contributed by atoms with Gasteiger partial charge in [0.1, 0.15) is 23.9 Å². The lowest BCUT2D eigenvalue weighted by Gasteiger charge is -2.25. The van der Waals surface area contributed by atoms with E-state index in [2.05, 4.69) is 5.32 Å². The van der Waals surface area contributed by atoms with Gasteiger partial charge in [-0.1, -0.05) is 18.2 Å². The third kappa shape index (κ3) is 5.61. The van der Waals surface area contributed by atoms with Crippen LogP contribution in [0.15, 0.2) is 77.7 Å². The Morgan fingerprint density at radius 3 is 2.27 bits per heavy atom. The number of benzene rings is 3. The number of hydrogen-bond donors (Lipinski definition) is 1. The topological polar surface area (TPSA) is 84.9 Å². The molecule has 1 amide bonds. The Bertz CT molecular complexity index is 1200. The van der Waals surface area contributed by atoms with Gasteiger partial charge in [0.25, 0.3) is 10.0 Å². The van der Waals surface area contributed by atoms with Crippen LogP contribution < -0.4 is 19.1 Å². The minimum absolute atomic E-state index is 0.0182. The predicted octanol–water partition coefficient (Wildman–Crippen LogP) is 3.92. The molecule has 3 aromatic carbocycles. The number of halogens is 1. The Morgan fingerprint density at radius 2 is 1.67 bits per heavy atom. The smallest absolute Gasteiger partial charge is 0.264 e. The first-order valence-electron chi connectivity index (χ1n) is 10.1. The summed E-state index contributed by atoms with van der Waals surface area (Å²) >= 11 is 0. The zero-order valence-electron chi connectivity index (χ0n) is 18.5. The molecule has 0 spiro atoms. The SMILES string of the molecule is COc1ccc(OC)c(C(C)NC(=O)CN(c2ccc(F)cc2)S(=O)(=O)c2ccccc2)c1. The Morgan fingerprint density at radius 1 is 1.00 bits per heavy atom. The maximum absolute atomic E-state index is 13.5. The molecule has 0 heterocycles. The molecule has 3 rings (SSSR count). The molecule has 0 radical (unpaired) electrons. The van der Waals surface area contributed by atoms with Gasteiger partial charge >= 0.3 is 0 Å². The van der Waals surface area contributed by atoms with Gasteiger partial charge in [-0.2, -0.15) is 0 Å². The molecular weight excluding hydrogens is 447 g/mol. The van der Waals surface area contributed by atoms with Gasteiger partial charge in [0.15, 0.2) is 0 Å². The van der Waals surface area contributed by atoms with Crippen LogP contribution in [0.5, 0.6) is 11.5 Å². The van der Waals surface area contributed by atoms with Crippen molar-refractivity contribution < 1.29 is 27.1 Å². The number of nitrogens with one attached hydrogen (secondary N) is 1. The molecular formula is C24H25FN2O5S. The van der Waals surface area contributed by atoms with Crippen molar-refractivity contribution in [2.24, 2.45) is 0 Å². The number of carbonyl (C=O) groups is 1. The van der Waals surface area contributed by atoms with Gasteiger partial charge in [-0.3, -0.25) is 9.10 Å². The number of ether oxygens (including phenoxy) is 2. The Labute approximate surface area is 192 Å². The fourth-order valence-corrected chi connectivity index (χ4v) is 4.76. The van der Waals surface area contributed by atoms with Crippen LogP contribution in [0.25, 0.3) is 0 Å². The van der Waals surface area contributed by atoms with Gasteiger partial charge in [0.2, 0.25) is 5.91 Å². The molecule has 0 fully saturated rings. The maximum atomic E-state index is 13.5. The highest BCUT2D eigenvalue weighted by atomic mass is 32.2. The fourth-order valence-electron chi connectivity index (χ4n) is 3.32. The molecule has 1 unspecified atom stereocenters. The Hall–Kier alpha value is -3.59. The van der Waals surface area contributed by atoms with Crippen molar-refractivity contribution in [2.75, 3.05) is 25.1 Å². The molecule has 1 N–H and O–H groups in total. The van der Waals surface area contributed by atoms with E-state index in [1.165, 1.54) is 38.5 Å². The van der Waals surface area contributed by atoms with Gasteiger partial charge in [0, 0.05) is 5.56 Å². The molecule has 0 saturated carbocycles. The summed E-state index contributed by atoms with van der Waals surface area (Å²) in [4.78, 5) is 13.0. The van der Waals surface area contributed by atoms with Gasteiger partial charge in [-0.05, 0) is 61.5 Å². The monoisotopic (exact) mass is 472 g/mol. The zero-order chi connectivity index (χ0) is 24.0. The van der Waals surface area contributed by atoms with Crippen LogP contribution in [0.1, 0.15) is 18.5 Å². The van der Waals surface area contributed by atoms with Gasteiger partial charge in [-0.15, -0.1) is 0 Å². The van der Waals surface area contributed by atoms with E-state index in [-0.39, 0.29) is 10.6 Å². The van der Waals surface area contributed by atoms with E-state index in [1.54, 1.807) is 43.3 Å². The summed E-state index contributed by atoms with van der Waals surface area (Å²) in [6, 6.07) is 17.4. The summed E-state index contributed by atoms with van der Waals surface area (Å²) in [6.45, 7) is 1.25. The van der Waals surface area contributed by atoms with Crippen molar-refractivity contribution in [3.05, 3.63) is 84.2 Å². The number of anilines is 1. The molecule has 174 valence electrons. The first-order chi connectivity index (χ1) is 15.8. The molecule has 3 aromatic rings. The van der Waals surface area contributed by atoms with E-state index >= 15 is 0 Å².